The Morgan fingerprint density at radius 3 is 2.40 bits per heavy atom. The van der Waals surface area contributed by atoms with Crippen molar-refractivity contribution in [1.29, 1.82) is 0 Å². The predicted molar refractivity (Wildman–Crippen MR) is 67.3 cm³/mol. The number of aliphatic carboxylic acids is 1. The number of amides is 1. The average molecular weight is 286 g/mol. The number of carbonyl (C=O) groups is 2. The number of rotatable bonds is 9. The summed E-state index contributed by atoms with van der Waals surface area (Å²) in [6.45, 7) is 1.23. The summed E-state index contributed by atoms with van der Waals surface area (Å²) < 4.78 is 11.0. The van der Waals surface area contributed by atoms with Crippen LogP contribution in [0.5, 0.6) is 0 Å². The van der Waals surface area contributed by atoms with E-state index in [0.29, 0.717) is 26.3 Å². The zero-order valence-corrected chi connectivity index (χ0v) is 11.5. The third-order valence-corrected chi connectivity index (χ3v) is 2.47. The summed E-state index contributed by atoms with van der Waals surface area (Å²) in [4.78, 5) is 24.3. The second-order valence-electron chi connectivity index (χ2n) is 3.97. The van der Waals surface area contributed by atoms with Gasteiger partial charge in [0.15, 0.2) is 5.69 Å². The maximum atomic E-state index is 12.2. The van der Waals surface area contributed by atoms with Gasteiger partial charge in [-0.3, -0.25) is 9.59 Å². The molecule has 0 aliphatic rings. The molecule has 0 atom stereocenters. The highest BCUT2D eigenvalue weighted by Crippen LogP contribution is 2.01. The van der Waals surface area contributed by atoms with Crippen LogP contribution in [0.15, 0.2) is 6.20 Å². The first-order chi connectivity index (χ1) is 9.58. The number of ether oxygens (including phenoxy) is 2. The van der Waals surface area contributed by atoms with Gasteiger partial charge >= 0.3 is 5.97 Å². The van der Waals surface area contributed by atoms with E-state index in [4.69, 9.17) is 14.6 Å². The molecule has 1 N–H and O–H groups in total. The Labute approximate surface area is 116 Å². The Kier molecular flexibility index (Phi) is 6.60. The zero-order valence-electron chi connectivity index (χ0n) is 11.5. The van der Waals surface area contributed by atoms with Crippen molar-refractivity contribution in [2.75, 3.05) is 40.5 Å². The van der Waals surface area contributed by atoms with Crippen LogP contribution < -0.4 is 0 Å². The molecule has 1 aromatic heterocycles. The minimum absolute atomic E-state index is 0.0958. The first-order valence-electron chi connectivity index (χ1n) is 5.97. The second-order valence-corrected chi connectivity index (χ2v) is 3.97. The van der Waals surface area contributed by atoms with Crippen molar-refractivity contribution in [3.63, 3.8) is 0 Å². The van der Waals surface area contributed by atoms with Gasteiger partial charge in [-0.2, -0.15) is 0 Å². The van der Waals surface area contributed by atoms with E-state index in [-0.39, 0.29) is 18.1 Å². The number of aromatic nitrogens is 3. The summed E-state index contributed by atoms with van der Waals surface area (Å²) in [5, 5.41) is 15.9. The van der Waals surface area contributed by atoms with Crippen LogP contribution in [0, 0.1) is 0 Å². The molecule has 1 rings (SSSR count). The first-order valence-corrected chi connectivity index (χ1v) is 5.97. The Hall–Kier alpha value is -2.00. The third kappa shape index (κ3) is 4.94. The lowest BCUT2D eigenvalue weighted by atomic mass is 10.3. The van der Waals surface area contributed by atoms with E-state index in [2.05, 4.69) is 10.3 Å². The lowest BCUT2D eigenvalue weighted by Crippen LogP contribution is -2.36. The first kappa shape index (κ1) is 16.1. The van der Waals surface area contributed by atoms with E-state index in [1.165, 1.54) is 11.1 Å². The van der Waals surface area contributed by atoms with Crippen molar-refractivity contribution in [3.05, 3.63) is 11.9 Å². The fraction of sp³-hybridized carbons (Fsp3) is 0.636. The van der Waals surface area contributed by atoms with E-state index in [1.54, 1.807) is 14.2 Å². The fourth-order valence-corrected chi connectivity index (χ4v) is 1.49. The van der Waals surface area contributed by atoms with Gasteiger partial charge in [0, 0.05) is 27.3 Å². The molecule has 1 heterocycles. The molecule has 0 unspecified atom stereocenters. The van der Waals surface area contributed by atoms with Crippen molar-refractivity contribution >= 4 is 11.9 Å². The lowest BCUT2D eigenvalue weighted by molar-refractivity contribution is -0.137. The van der Waals surface area contributed by atoms with Crippen LogP contribution in [0.3, 0.4) is 0 Å². The van der Waals surface area contributed by atoms with Crippen LogP contribution in [-0.2, 0) is 20.8 Å². The standard InChI is InChI=1S/C11H18N4O5/c1-19-5-3-14(4-6-20-2)11(18)9-7-15(13-12-9)8-10(16)17/h7H,3-6,8H2,1-2H3,(H,16,17). The highest BCUT2D eigenvalue weighted by atomic mass is 16.5. The summed E-state index contributed by atoms with van der Waals surface area (Å²) in [6.07, 6.45) is 1.31. The topological polar surface area (TPSA) is 107 Å². The minimum Gasteiger partial charge on any atom is -0.480 e. The van der Waals surface area contributed by atoms with Crippen LogP contribution in [0.4, 0.5) is 0 Å². The van der Waals surface area contributed by atoms with E-state index >= 15 is 0 Å². The van der Waals surface area contributed by atoms with E-state index in [0.717, 1.165) is 4.68 Å². The number of nitrogens with zero attached hydrogens (tertiary/aromatic N) is 4. The van der Waals surface area contributed by atoms with Crippen LogP contribution in [-0.4, -0.2) is 77.4 Å². The third-order valence-electron chi connectivity index (χ3n) is 2.47. The number of carboxylic acids is 1. The maximum Gasteiger partial charge on any atom is 0.325 e. The average Bonchev–Trinajstić information content (AvgIpc) is 2.86. The molecule has 0 aliphatic carbocycles. The molecular weight excluding hydrogens is 268 g/mol. The quantitative estimate of drug-likeness (QED) is 0.626. The summed E-state index contributed by atoms with van der Waals surface area (Å²) in [5.41, 5.74) is 0.0958. The Balaban J connectivity index is 2.71. The largest absolute Gasteiger partial charge is 0.480 e. The molecule has 0 fully saturated rings. The number of carboxylic acid groups (broad SMARTS) is 1. The van der Waals surface area contributed by atoms with Crippen LogP contribution in [0.2, 0.25) is 0 Å². The number of carbonyl (C=O) groups excluding carboxylic acids is 1. The van der Waals surface area contributed by atoms with Crippen molar-refractivity contribution in [2.24, 2.45) is 0 Å². The Morgan fingerprint density at radius 1 is 1.30 bits per heavy atom. The number of hydrogen-bond donors (Lipinski definition) is 1. The smallest absolute Gasteiger partial charge is 0.325 e. The fourth-order valence-electron chi connectivity index (χ4n) is 1.49. The molecule has 0 aliphatic heterocycles. The highest BCUT2D eigenvalue weighted by molar-refractivity contribution is 5.92. The predicted octanol–water partition coefficient (Wildman–Crippen LogP) is -0.902. The normalized spacial score (nSPS) is 10.5. The Bertz CT molecular complexity index is 440. The SMILES string of the molecule is COCCN(CCOC)C(=O)c1cn(CC(=O)O)nn1. The van der Waals surface area contributed by atoms with E-state index in [9.17, 15) is 9.59 Å². The van der Waals surface area contributed by atoms with Gasteiger partial charge in [-0.25, -0.2) is 4.68 Å². The van der Waals surface area contributed by atoms with Gasteiger partial charge in [0.05, 0.1) is 19.4 Å². The molecule has 1 aromatic rings. The molecule has 0 radical (unpaired) electrons. The van der Waals surface area contributed by atoms with E-state index < -0.39 is 5.97 Å². The van der Waals surface area contributed by atoms with Crippen molar-refractivity contribution < 1.29 is 24.2 Å². The van der Waals surface area contributed by atoms with Crippen LogP contribution >= 0.6 is 0 Å². The van der Waals surface area contributed by atoms with Crippen LogP contribution in [0.1, 0.15) is 10.5 Å². The van der Waals surface area contributed by atoms with Gasteiger partial charge in [0.1, 0.15) is 6.54 Å². The van der Waals surface area contributed by atoms with Crippen molar-refractivity contribution in [2.45, 2.75) is 6.54 Å². The summed E-state index contributed by atoms with van der Waals surface area (Å²) in [6, 6.07) is 0. The second kappa shape index (κ2) is 8.23. The van der Waals surface area contributed by atoms with Gasteiger partial charge in [-0.1, -0.05) is 5.21 Å². The minimum atomic E-state index is -1.05. The summed E-state index contributed by atoms with van der Waals surface area (Å²) in [5.74, 6) is -1.39. The van der Waals surface area contributed by atoms with E-state index in [1.807, 2.05) is 0 Å². The van der Waals surface area contributed by atoms with Crippen LogP contribution in [0.25, 0.3) is 0 Å². The molecule has 9 heteroatoms. The molecule has 0 saturated heterocycles. The molecule has 1 amide bonds. The molecule has 0 aromatic carbocycles. The molecule has 0 spiro atoms. The summed E-state index contributed by atoms with van der Waals surface area (Å²) in [7, 11) is 3.09. The maximum absolute atomic E-state index is 12.2. The van der Waals surface area contributed by atoms with Gasteiger partial charge in [0.2, 0.25) is 0 Å². The molecular formula is C11H18N4O5. The Morgan fingerprint density at radius 2 is 1.90 bits per heavy atom. The molecule has 0 saturated carbocycles. The van der Waals surface area contributed by atoms with Crippen molar-refractivity contribution in [3.8, 4) is 0 Å². The van der Waals surface area contributed by atoms with Gasteiger partial charge in [-0.05, 0) is 0 Å². The van der Waals surface area contributed by atoms with Gasteiger partial charge < -0.3 is 19.5 Å². The molecule has 0 bridgehead atoms. The molecule has 112 valence electrons. The number of methoxy groups -OCH3 is 2. The van der Waals surface area contributed by atoms with Gasteiger partial charge in [0.25, 0.3) is 5.91 Å². The highest BCUT2D eigenvalue weighted by Gasteiger charge is 2.19. The molecule has 9 nitrogen and oxygen atoms in total. The zero-order chi connectivity index (χ0) is 15.0. The van der Waals surface area contributed by atoms with Gasteiger partial charge in [-0.15, -0.1) is 5.10 Å². The monoisotopic (exact) mass is 286 g/mol. The lowest BCUT2D eigenvalue weighted by Gasteiger charge is -2.20. The van der Waals surface area contributed by atoms with Crippen molar-refractivity contribution in [1.82, 2.24) is 19.9 Å². The molecule has 20 heavy (non-hydrogen) atoms. The summed E-state index contributed by atoms with van der Waals surface area (Å²) >= 11 is 0. The number of hydrogen-bond acceptors (Lipinski definition) is 6.